The molecule has 3 atom stereocenters. The molecule has 0 saturated carbocycles. The molecular formula is C14H30N2. The molecule has 2 nitrogen and oxygen atoms in total. The summed E-state index contributed by atoms with van der Waals surface area (Å²) in [6.45, 7) is 13.9. The zero-order valence-corrected chi connectivity index (χ0v) is 11.8. The maximum atomic E-state index is 3.59. The van der Waals surface area contributed by atoms with Gasteiger partial charge in [0.05, 0.1) is 0 Å². The van der Waals surface area contributed by atoms with Gasteiger partial charge < -0.3 is 5.32 Å². The second-order valence-electron chi connectivity index (χ2n) is 5.84. The monoisotopic (exact) mass is 226 g/mol. The van der Waals surface area contributed by atoms with Crippen molar-refractivity contribution in [1.29, 1.82) is 0 Å². The second kappa shape index (κ2) is 6.61. The first-order chi connectivity index (χ1) is 7.56. The molecule has 96 valence electrons. The van der Waals surface area contributed by atoms with Crippen molar-refractivity contribution in [2.75, 3.05) is 13.1 Å². The van der Waals surface area contributed by atoms with Gasteiger partial charge in [0, 0.05) is 24.7 Å². The van der Waals surface area contributed by atoms with E-state index in [9.17, 15) is 0 Å². The Bertz CT molecular complexity index is 191. The zero-order valence-electron chi connectivity index (χ0n) is 11.8. The molecule has 0 amide bonds. The van der Waals surface area contributed by atoms with Gasteiger partial charge >= 0.3 is 0 Å². The molecule has 1 aliphatic rings. The Morgan fingerprint density at radius 1 is 1.19 bits per heavy atom. The quantitative estimate of drug-likeness (QED) is 0.749. The molecule has 1 aliphatic heterocycles. The minimum absolute atomic E-state index is 0.682. The third kappa shape index (κ3) is 3.74. The molecule has 16 heavy (non-hydrogen) atoms. The Labute approximate surface area is 102 Å². The number of nitrogens with zero attached hydrogens (tertiary/aromatic N) is 1. The van der Waals surface area contributed by atoms with Gasteiger partial charge in [0.1, 0.15) is 0 Å². The second-order valence-corrected chi connectivity index (χ2v) is 5.84. The van der Waals surface area contributed by atoms with Crippen molar-refractivity contribution in [1.82, 2.24) is 10.2 Å². The van der Waals surface area contributed by atoms with Crippen molar-refractivity contribution >= 4 is 0 Å². The van der Waals surface area contributed by atoms with Crippen LogP contribution >= 0.6 is 0 Å². The third-order valence-corrected chi connectivity index (χ3v) is 3.82. The lowest BCUT2D eigenvalue weighted by Gasteiger charge is -2.34. The predicted octanol–water partition coefficient (Wildman–Crippen LogP) is 2.88. The fourth-order valence-electron chi connectivity index (χ4n) is 2.99. The fraction of sp³-hybridized carbons (Fsp3) is 1.00. The lowest BCUT2D eigenvalue weighted by Crippen LogP contribution is -2.46. The van der Waals surface area contributed by atoms with E-state index < -0.39 is 0 Å². The normalized spacial score (nSPS) is 28.9. The largest absolute Gasteiger partial charge is 0.315 e. The highest BCUT2D eigenvalue weighted by Gasteiger charge is 2.32. The fourth-order valence-corrected chi connectivity index (χ4v) is 2.99. The summed E-state index contributed by atoms with van der Waals surface area (Å²) in [5.41, 5.74) is 0. The van der Waals surface area contributed by atoms with Gasteiger partial charge in [0.2, 0.25) is 0 Å². The van der Waals surface area contributed by atoms with Crippen LogP contribution in [0, 0.1) is 5.92 Å². The van der Waals surface area contributed by atoms with Crippen molar-refractivity contribution in [2.45, 2.75) is 72.0 Å². The molecule has 3 unspecified atom stereocenters. The number of rotatable bonds is 6. The van der Waals surface area contributed by atoms with Gasteiger partial charge in [-0.15, -0.1) is 0 Å². The number of likely N-dealkylation sites (tertiary alicyclic amines) is 1. The van der Waals surface area contributed by atoms with Crippen LogP contribution in [0.15, 0.2) is 0 Å². The average molecular weight is 226 g/mol. The standard InChI is InChI=1S/C14H30N2/c1-6-14-8-7-12(4)16(14)13(5)10-15-9-11(2)3/h11-15H,6-10H2,1-5H3. The summed E-state index contributed by atoms with van der Waals surface area (Å²) in [6, 6.07) is 2.29. The van der Waals surface area contributed by atoms with Gasteiger partial charge in [-0.2, -0.15) is 0 Å². The summed E-state index contributed by atoms with van der Waals surface area (Å²) in [4.78, 5) is 2.73. The topological polar surface area (TPSA) is 15.3 Å². The lowest BCUT2D eigenvalue weighted by atomic mass is 10.1. The molecule has 1 fully saturated rings. The molecule has 0 spiro atoms. The molecule has 0 aromatic carbocycles. The molecule has 1 saturated heterocycles. The Balaban J connectivity index is 2.36. The highest BCUT2D eigenvalue weighted by Crippen LogP contribution is 2.27. The van der Waals surface area contributed by atoms with Crippen molar-refractivity contribution in [3.63, 3.8) is 0 Å². The molecule has 0 aromatic rings. The van der Waals surface area contributed by atoms with Crippen LogP contribution in [0.2, 0.25) is 0 Å². The van der Waals surface area contributed by atoms with Gasteiger partial charge in [0.15, 0.2) is 0 Å². The summed E-state index contributed by atoms with van der Waals surface area (Å²) >= 11 is 0. The van der Waals surface area contributed by atoms with Crippen LogP contribution in [0.3, 0.4) is 0 Å². The Morgan fingerprint density at radius 2 is 1.88 bits per heavy atom. The van der Waals surface area contributed by atoms with Gasteiger partial charge in [-0.3, -0.25) is 4.90 Å². The number of hydrogen-bond acceptors (Lipinski definition) is 2. The first-order valence-corrected chi connectivity index (χ1v) is 7.04. The highest BCUT2D eigenvalue weighted by molar-refractivity contribution is 4.88. The van der Waals surface area contributed by atoms with Crippen LogP contribution in [-0.4, -0.2) is 36.1 Å². The van der Waals surface area contributed by atoms with Crippen LogP contribution in [-0.2, 0) is 0 Å². The van der Waals surface area contributed by atoms with Gasteiger partial charge in [-0.25, -0.2) is 0 Å². The average Bonchev–Trinajstić information content (AvgIpc) is 2.58. The molecule has 1 N–H and O–H groups in total. The van der Waals surface area contributed by atoms with Crippen molar-refractivity contribution in [3.05, 3.63) is 0 Å². The van der Waals surface area contributed by atoms with E-state index >= 15 is 0 Å². The van der Waals surface area contributed by atoms with E-state index in [0.29, 0.717) is 6.04 Å². The maximum absolute atomic E-state index is 3.59. The third-order valence-electron chi connectivity index (χ3n) is 3.82. The number of nitrogens with one attached hydrogen (secondary N) is 1. The summed E-state index contributed by atoms with van der Waals surface area (Å²) in [7, 11) is 0. The van der Waals surface area contributed by atoms with Crippen molar-refractivity contribution < 1.29 is 0 Å². The molecular weight excluding hydrogens is 196 g/mol. The zero-order chi connectivity index (χ0) is 12.1. The maximum Gasteiger partial charge on any atom is 0.0198 e. The van der Waals surface area contributed by atoms with E-state index in [1.54, 1.807) is 0 Å². The van der Waals surface area contributed by atoms with E-state index in [2.05, 4.69) is 44.8 Å². The van der Waals surface area contributed by atoms with Crippen LogP contribution in [0.25, 0.3) is 0 Å². The van der Waals surface area contributed by atoms with Crippen LogP contribution < -0.4 is 5.32 Å². The minimum atomic E-state index is 0.682. The summed E-state index contributed by atoms with van der Waals surface area (Å²) < 4.78 is 0. The molecule has 1 heterocycles. The van der Waals surface area contributed by atoms with E-state index in [4.69, 9.17) is 0 Å². The van der Waals surface area contributed by atoms with Crippen LogP contribution in [0.1, 0.15) is 53.9 Å². The van der Waals surface area contributed by atoms with Crippen molar-refractivity contribution in [2.24, 2.45) is 5.92 Å². The molecule has 0 aromatic heterocycles. The van der Waals surface area contributed by atoms with Crippen LogP contribution in [0.5, 0.6) is 0 Å². The Hall–Kier alpha value is -0.0800. The summed E-state index contributed by atoms with van der Waals surface area (Å²) in [5, 5.41) is 3.59. The van der Waals surface area contributed by atoms with Gasteiger partial charge in [0.25, 0.3) is 0 Å². The van der Waals surface area contributed by atoms with Gasteiger partial charge in [-0.1, -0.05) is 20.8 Å². The van der Waals surface area contributed by atoms with Gasteiger partial charge in [-0.05, 0) is 45.6 Å². The van der Waals surface area contributed by atoms with Crippen molar-refractivity contribution in [3.8, 4) is 0 Å². The van der Waals surface area contributed by atoms with E-state index in [0.717, 1.165) is 31.1 Å². The molecule has 0 bridgehead atoms. The number of hydrogen-bond donors (Lipinski definition) is 1. The van der Waals surface area contributed by atoms with E-state index in [1.165, 1.54) is 19.3 Å². The predicted molar refractivity (Wildman–Crippen MR) is 71.8 cm³/mol. The Morgan fingerprint density at radius 3 is 2.44 bits per heavy atom. The summed E-state index contributed by atoms with van der Waals surface area (Å²) in [6.07, 6.45) is 4.08. The van der Waals surface area contributed by atoms with E-state index in [-0.39, 0.29) is 0 Å². The summed E-state index contributed by atoms with van der Waals surface area (Å²) in [5.74, 6) is 0.755. The SMILES string of the molecule is CCC1CCC(C)N1C(C)CNCC(C)C. The highest BCUT2D eigenvalue weighted by atomic mass is 15.2. The molecule has 1 rings (SSSR count). The molecule has 0 aliphatic carbocycles. The van der Waals surface area contributed by atoms with Crippen LogP contribution in [0.4, 0.5) is 0 Å². The minimum Gasteiger partial charge on any atom is -0.315 e. The van der Waals surface area contributed by atoms with E-state index in [1.807, 2.05) is 0 Å². The first-order valence-electron chi connectivity index (χ1n) is 7.04. The first kappa shape index (κ1) is 14.0. The molecule has 0 radical (unpaired) electrons. The Kier molecular flexibility index (Phi) is 5.77. The lowest BCUT2D eigenvalue weighted by molar-refractivity contribution is 0.140. The molecule has 2 heteroatoms. The smallest absolute Gasteiger partial charge is 0.0198 e.